The topological polar surface area (TPSA) is 115 Å². The lowest BCUT2D eigenvalue weighted by Gasteiger charge is -2.21. The number of aliphatic hydroxyl groups is 1. The highest BCUT2D eigenvalue weighted by molar-refractivity contribution is 5.84. The van der Waals surface area contributed by atoms with Crippen molar-refractivity contribution < 1.29 is 30.0 Å². The highest BCUT2D eigenvalue weighted by Crippen LogP contribution is 2.20. The summed E-state index contributed by atoms with van der Waals surface area (Å²) in [5.74, 6) is -2.98. The van der Waals surface area contributed by atoms with Crippen LogP contribution < -0.4 is 0 Å². The van der Waals surface area contributed by atoms with Gasteiger partial charge in [-0.15, -0.1) is 0 Å². The summed E-state index contributed by atoms with van der Waals surface area (Å²) in [6, 6.07) is 5.51. The van der Waals surface area contributed by atoms with E-state index in [0.717, 1.165) is 0 Å². The summed E-state index contributed by atoms with van der Waals surface area (Å²) in [7, 11) is 0. The normalized spacial score (nSPS) is 13.9. The molecule has 92 valence electrons. The fraction of sp³-hybridized carbons (Fsp3) is 0.273. The zero-order chi connectivity index (χ0) is 13.1. The van der Waals surface area contributed by atoms with Crippen molar-refractivity contribution in [3.05, 3.63) is 29.8 Å². The van der Waals surface area contributed by atoms with E-state index in [0.29, 0.717) is 5.56 Å². The van der Waals surface area contributed by atoms with Crippen LogP contribution in [0.2, 0.25) is 0 Å². The van der Waals surface area contributed by atoms with E-state index in [1.165, 1.54) is 24.3 Å². The monoisotopic (exact) mass is 240 g/mol. The number of aliphatic carboxylic acids is 2. The maximum atomic E-state index is 10.9. The third-order valence-corrected chi connectivity index (χ3v) is 2.27. The molecular weight excluding hydrogens is 228 g/mol. The molecule has 1 aromatic carbocycles. The molecule has 1 rings (SSSR count). The van der Waals surface area contributed by atoms with E-state index in [1.54, 1.807) is 0 Å². The van der Waals surface area contributed by atoms with Gasteiger partial charge in [0.2, 0.25) is 0 Å². The van der Waals surface area contributed by atoms with Crippen LogP contribution in [0.4, 0.5) is 0 Å². The van der Waals surface area contributed by atoms with E-state index >= 15 is 0 Å². The molecule has 0 aliphatic carbocycles. The first-order valence-electron chi connectivity index (χ1n) is 4.79. The molecule has 0 spiro atoms. The number of aromatic hydroxyl groups is 1. The fourth-order valence-corrected chi connectivity index (χ4v) is 1.42. The smallest absolute Gasteiger partial charge is 0.336 e. The first-order valence-corrected chi connectivity index (χ1v) is 4.79. The fourth-order valence-electron chi connectivity index (χ4n) is 1.42. The van der Waals surface area contributed by atoms with E-state index in [1.807, 2.05) is 0 Å². The second kappa shape index (κ2) is 4.84. The quantitative estimate of drug-likeness (QED) is 0.585. The predicted molar refractivity (Wildman–Crippen MR) is 56.6 cm³/mol. The standard InChI is InChI=1S/C11H12O6/c12-8-3-1-7(2-4-8)5-11(17,10(15)16)6-9(13)14/h1-4,12,17H,5-6H2,(H,13,14)(H,15,16)/t11-/m1/s1. The molecule has 1 aromatic rings. The molecule has 0 aliphatic heterocycles. The lowest BCUT2D eigenvalue weighted by molar-refractivity contribution is -0.165. The van der Waals surface area contributed by atoms with E-state index < -0.39 is 24.0 Å². The molecule has 6 nitrogen and oxygen atoms in total. The summed E-state index contributed by atoms with van der Waals surface area (Å²) in [5.41, 5.74) is -1.92. The Labute approximate surface area is 96.8 Å². The van der Waals surface area contributed by atoms with Crippen molar-refractivity contribution in [1.29, 1.82) is 0 Å². The Kier molecular flexibility index (Phi) is 3.69. The van der Waals surface area contributed by atoms with Crippen LogP contribution in [-0.4, -0.2) is 38.0 Å². The van der Waals surface area contributed by atoms with Gasteiger partial charge in [-0.05, 0) is 17.7 Å². The van der Waals surface area contributed by atoms with Crippen molar-refractivity contribution in [2.24, 2.45) is 0 Å². The molecular formula is C11H12O6. The molecule has 6 heteroatoms. The highest BCUT2D eigenvalue weighted by atomic mass is 16.4. The molecule has 0 heterocycles. The first kappa shape index (κ1) is 13.0. The van der Waals surface area contributed by atoms with Crippen LogP contribution in [-0.2, 0) is 16.0 Å². The second-order valence-electron chi connectivity index (χ2n) is 3.75. The van der Waals surface area contributed by atoms with Gasteiger partial charge in [-0.25, -0.2) is 4.79 Å². The Morgan fingerprint density at radius 2 is 1.65 bits per heavy atom. The third kappa shape index (κ3) is 3.46. The van der Waals surface area contributed by atoms with Crippen LogP contribution in [0.1, 0.15) is 12.0 Å². The molecule has 0 radical (unpaired) electrons. The van der Waals surface area contributed by atoms with Gasteiger partial charge in [-0.2, -0.15) is 0 Å². The van der Waals surface area contributed by atoms with Crippen LogP contribution in [0.15, 0.2) is 24.3 Å². The van der Waals surface area contributed by atoms with Crippen LogP contribution in [0.3, 0.4) is 0 Å². The molecule has 4 N–H and O–H groups in total. The van der Waals surface area contributed by atoms with Gasteiger partial charge in [0.25, 0.3) is 0 Å². The minimum Gasteiger partial charge on any atom is -0.508 e. The summed E-state index contributed by atoms with van der Waals surface area (Å²) in [4.78, 5) is 21.4. The molecule has 0 saturated carbocycles. The van der Waals surface area contributed by atoms with Crippen molar-refractivity contribution in [2.45, 2.75) is 18.4 Å². The van der Waals surface area contributed by atoms with Crippen molar-refractivity contribution in [3.8, 4) is 5.75 Å². The van der Waals surface area contributed by atoms with E-state index in [4.69, 9.17) is 15.3 Å². The van der Waals surface area contributed by atoms with Gasteiger partial charge in [0.15, 0.2) is 5.60 Å². The molecule has 1 atom stereocenters. The summed E-state index contributed by atoms with van der Waals surface area (Å²) < 4.78 is 0. The number of hydrogen-bond acceptors (Lipinski definition) is 4. The average Bonchev–Trinajstić information content (AvgIpc) is 2.20. The molecule has 0 fully saturated rings. The third-order valence-electron chi connectivity index (χ3n) is 2.27. The molecule has 0 aromatic heterocycles. The van der Waals surface area contributed by atoms with Gasteiger partial charge in [0.05, 0.1) is 6.42 Å². The number of hydrogen-bond donors (Lipinski definition) is 4. The minimum absolute atomic E-state index is 0.00542. The van der Waals surface area contributed by atoms with Crippen molar-refractivity contribution in [3.63, 3.8) is 0 Å². The number of carboxylic acids is 2. The van der Waals surface area contributed by atoms with Gasteiger partial charge in [0, 0.05) is 6.42 Å². The summed E-state index contributed by atoms with van der Waals surface area (Å²) in [6.45, 7) is 0. The summed E-state index contributed by atoms with van der Waals surface area (Å²) >= 11 is 0. The van der Waals surface area contributed by atoms with Crippen molar-refractivity contribution in [1.82, 2.24) is 0 Å². The first-order chi connectivity index (χ1) is 7.83. The number of carbonyl (C=O) groups is 2. The van der Waals surface area contributed by atoms with Gasteiger partial charge >= 0.3 is 11.9 Å². The molecule has 0 bridgehead atoms. The predicted octanol–water partition coefficient (Wildman–Crippen LogP) is 0.225. The Morgan fingerprint density at radius 3 is 2.06 bits per heavy atom. The Morgan fingerprint density at radius 1 is 1.12 bits per heavy atom. The Hall–Kier alpha value is -2.08. The highest BCUT2D eigenvalue weighted by Gasteiger charge is 2.38. The van der Waals surface area contributed by atoms with Gasteiger partial charge < -0.3 is 20.4 Å². The number of phenolic OH excluding ortho intramolecular Hbond substituents is 1. The average molecular weight is 240 g/mol. The van der Waals surface area contributed by atoms with Crippen LogP contribution in [0.25, 0.3) is 0 Å². The zero-order valence-corrected chi connectivity index (χ0v) is 8.83. The summed E-state index contributed by atoms with van der Waals surface area (Å²) in [6.07, 6.45) is -1.22. The molecule has 0 saturated heterocycles. The molecule has 0 aliphatic rings. The number of rotatable bonds is 5. The van der Waals surface area contributed by atoms with Gasteiger partial charge in [-0.3, -0.25) is 4.79 Å². The maximum absolute atomic E-state index is 10.9. The number of benzene rings is 1. The maximum Gasteiger partial charge on any atom is 0.336 e. The molecule has 17 heavy (non-hydrogen) atoms. The van der Waals surface area contributed by atoms with Crippen molar-refractivity contribution in [2.75, 3.05) is 0 Å². The Balaban J connectivity index is 2.90. The minimum atomic E-state index is -2.34. The van der Waals surface area contributed by atoms with Crippen LogP contribution >= 0.6 is 0 Å². The van der Waals surface area contributed by atoms with Crippen LogP contribution in [0, 0.1) is 0 Å². The largest absolute Gasteiger partial charge is 0.508 e. The van der Waals surface area contributed by atoms with Crippen molar-refractivity contribution >= 4 is 11.9 Å². The van der Waals surface area contributed by atoms with E-state index in [-0.39, 0.29) is 12.2 Å². The zero-order valence-electron chi connectivity index (χ0n) is 8.83. The van der Waals surface area contributed by atoms with Crippen LogP contribution in [0.5, 0.6) is 5.75 Å². The SMILES string of the molecule is O=C(O)C[C@](O)(Cc1ccc(O)cc1)C(=O)O. The lowest BCUT2D eigenvalue weighted by Crippen LogP contribution is -2.42. The second-order valence-corrected chi connectivity index (χ2v) is 3.75. The Bertz CT molecular complexity index is 424. The summed E-state index contributed by atoms with van der Waals surface area (Å²) in [5, 5.41) is 36.2. The number of carboxylic acid groups (broad SMARTS) is 2. The molecule has 0 amide bonds. The van der Waals surface area contributed by atoms with E-state index in [9.17, 15) is 14.7 Å². The lowest BCUT2D eigenvalue weighted by atomic mass is 9.91. The van der Waals surface area contributed by atoms with Gasteiger partial charge in [0.1, 0.15) is 5.75 Å². The van der Waals surface area contributed by atoms with E-state index in [2.05, 4.69) is 0 Å². The number of phenols is 1. The molecule has 0 unspecified atom stereocenters. The van der Waals surface area contributed by atoms with Gasteiger partial charge in [-0.1, -0.05) is 12.1 Å².